The molecule has 3 saturated carbocycles. The summed E-state index contributed by atoms with van der Waals surface area (Å²) in [6.45, 7) is 15.3. The molecule has 8 atom stereocenters. The Balaban J connectivity index is 1.24. The molecular weight excluding hydrogens is 619 g/mol. The molecule has 0 saturated heterocycles. The topological polar surface area (TPSA) is 101 Å². The number of fused-ring (bicyclic) bond motifs is 5. The first-order chi connectivity index (χ1) is 22.8. The van der Waals surface area contributed by atoms with Crippen LogP contribution in [0.5, 0.6) is 0 Å². The molecule has 266 valence electrons. The lowest BCUT2D eigenvalue weighted by atomic mass is 9.44. The number of alkyl halides is 1. The summed E-state index contributed by atoms with van der Waals surface area (Å²) in [4.78, 5) is 38.6. The number of aliphatic hydroxyl groups is 2. The van der Waals surface area contributed by atoms with Gasteiger partial charge in [-0.2, -0.15) is 0 Å². The van der Waals surface area contributed by atoms with Crippen molar-refractivity contribution in [2.24, 2.45) is 34.0 Å². The van der Waals surface area contributed by atoms with E-state index in [4.69, 9.17) is 4.74 Å². The highest BCUT2D eigenvalue weighted by atomic mass is 19.1. The van der Waals surface area contributed by atoms with E-state index in [2.05, 4.69) is 32.9 Å². The van der Waals surface area contributed by atoms with Gasteiger partial charge in [-0.15, -0.1) is 0 Å². The van der Waals surface area contributed by atoms with Gasteiger partial charge in [-0.3, -0.25) is 9.59 Å². The maximum atomic E-state index is 17.4. The fraction of sp³-hybridized carbons (Fsp3) is 0.595. The molecular formula is C42H55FO6. The third-order valence-electron chi connectivity index (χ3n) is 13.1. The van der Waals surface area contributed by atoms with Crippen LogP contribution in [0.25, 0.3) is 0 Å². The van der Waals surface area contributed by atoms with Gasteiger partial charge >= 0.3 is 5.97 Å². The van der Waals surface area contributed by atoms with E-state index in [1.165, 1.54) is 42.2 Å². The van der Waals surface area contributed by atoms with Crippen molar-refractivity contribution in [3.05, 3.63) is 82.5 Å². The van der Waals surface area contributed by atoms with Crippen molar-refractivity contribution in [3.63, 3.8) is 0 Å². The molecule has 0 aromatic heterocycles. The molecule has 0 heterocycles. The van der Waals surface area contributed by atoms with Crippen LogP contribution < -0.4 is 0 Å². The standard InChI is InChI=1S/C42H55FO6/c1-26(14-16-32-28(3)13-10-19-38(32,5)6)11-9-12-27(2)21-37(47)49-25-36(46)42(48)29(4)22-34-33-17-15-30-23-31(44)18-20-39(30,7)41(33,43)35(45)24-40(34,42)8/h9,11-12,14,16,18,20-21,23,29,33-35,45,48H,10,13,15,17,19,22,24-25H2,1-8H3/b12-9+,16-14+,26-11+,27-21+/t29?,33-,34-,35-,39-,40-,41-,42-/m0/s1. The molecule has 3 fully saturated rings. The van der Waals surface area contributed by atoms with Crippen LogP contribution in [0.4, 0.5) is 4.39 Å². The number of carbonyl (C=O) groups excluding carboxylic acids is 3. The number of hydrogen-bond donors (Lipinski definition) is 2. The van der Waals surface area contributed by atoms with Gasteiger partial charge in [-0.1, -0.05) is 80.9 Å². The Bertz CT molecular complexity index is 1620. The Labute approximate surface area is 291 Å². The minimum atomic E-state index is -2.05. The Hall–Kier alpha value is -3.16. The van der Waals surface area contributed by atoms with Gasteiger partial charge in [0.2, 0.25) is 5.78 Å². The normalized spacial score (nSPS) is 39.2. The van der Waals surface area contributed by atoms with E-state index in [0.717, 1.165) is 12.0 Å². The van der Waals surface area contributed by atoms with E-state index in [-0.39, 0.29) is 17.6 Å². The number of Topliss-reactive ketones (excluding diaryl/α,β-unsaturated/α-hetero) is 1. The Kier molecular flexibility index (Phi) is 9.99. The highest BCUT2D eigenvalue weighted by molar-refractivity contribution is 6.01. The second-order valence-corrected chi connectivity index (χ2v) is 16.6. The maximum absolute atomic E-state index is 17.4. The molecule has 2 N–H and O–H groups in total. The van der Waals surface area contributed by atoms with Crippen molar-refractivity contribution in [3.8, 4) is 0 Å². The van der Waals surface area contributed by atoms with E-state index in [9.17, 15) is 24.6 Å². The van der Waals surface area contributed by atoms with Gasteiger partial charge in [0.05, 0.1) is 6.10 Å². The number of ether oxygens (including phenoxy) is 1. The number of allylic oxidation sites excluding steroid dienone is 13. The van der Waals surface area contributed by atoms with Crippen molar-refractivity contribution in [2.45, 2.75) is 118 Å². The quantitative estimate of drug-likeness (QED) is 0.154. The first kappa shape index (κ1) is 37.1. The Morgan fingerprint density at radius 1 is 1.08 bits per heavy atom. The third-order valence-corrected chi connectivity index (χ3v) is 13.1. The Morgan fingerprint density at radius 3 is 2.49 bits per heavy atom. The van der Waals surface area contributed by atoms with Crippen molar-refractivity contribution >= 4 is 17.5 Å². The van der Waals surface area contributed by atoms with Crippen LogP contribution in [0.1, 0.15) is 100 Å². The molecule has 0 aromatic carbocycles. The molecule has 7 heteroatoms. The number of aliphatic hydroxyl groups excluding tert-OH is 1. The lowest BCUT2D eigenvalue weighted by molar-refractivity contribution is -0.219. The molecule has 0 spiro atoms. The number of esters is 1. The Morgan fingerprint density at radius 2 is 1.80 bits per heavy atom. The minimum absolute atomic E-state index is 0.128. The molecule has 0 aromatic rings. The molecule has 5 rings (SSSR count). The van der Waals surface area contributed by atoms with Crippen LogP contribution >= 0.6 is 0 Å². The molecule has 49 heavy (non-hydrogen) atoms. The predicted octanol–water partition coefficient (Wildman–Crippen LogP) is 7.98. The van der Waals surface area contributed by atoms with Gasteiger partial charge in [0.1, 0.15) is 5.60 Å². The van der Waals surface area contributed by atoms with Crippen LogP contribution in [-0.2, 0) is 19.1 Å². The van der Waals surface area contributed by atoms with E-state index in [0.29, 0.717) is 30.4 Å². The van der Waals surface area contributed by atoms with Crippen LogP contribution in [-0.4, -0.2) is 51.7 Å². The molecule has 0 bridgehead atoms. The van der Waals surface area contributed by atoms with Gasteiger partial charge < -0.3 is 14.9 Å². The molecule has 0 amide bonds. The fourth-order valence-electron chi connectivity index (χ4n) is 10.3. The number of hydrogen-bond acceptors (Lipinski definition) is 6. The van der Waals surface area contributed by atoms with Crippen LogP contribution in [0.3, 0.4) is 0 Å². The fourth-order valence-corrected chi connectivity index (χ4v) is 10.3. The number of rotatable bonds is 8. The van der Waals surface area contributed by atoms with Crippen molar-refractivity contribution in [1.82, 2.24) is 0 Å². The molecule has 6 nitrogen and oxygen atoms in total. The van der Waals surface area contributed by atoms with Crippen LogP contribution in [0.15, 0.2) is 82.5 Å². The summed E-state index contributed by atoms with van der Waals surface area (Å²) in [5.41, 5.74) is -0.833. The minimum Gasteiger partial charge on any atom is -0.454 e. The average Bonchev–Trinajstić information content (AvgIpc) is 3.21. The van der Waals surface area contributed by atoms with Gasteiger partial charge in [0, 0.05) is 22.8 Å². The van der Waals surface area contributed by atoms with Gasteiger partial charge in [-0.05, 0) is 113 Å². The van der Waals surface area contributed by atoms with Crippen LogP contribution in [0, 0.1) is 34.0 Å². The average molecular weight is 675 g/mol. The van der Waals surface area contributed by atoms with E-state index in [1.54, 1.807) is 39.8 Å². The van der Waals surface area contributed by atoms with Gasteiger partial charge in [0.25, 0.3) is 0 Å². The van der Waals surface area contributed by atoms with Gasteiger partial charge in [0.15, 0.2) is 18.1 Å². The maximum Gasteiger partial charge on any atom is 0.331 e. The predicted molar refractivity (Wildman–Crippen MR) is 190 cm³/mol. The number of ketones is 2. The number of carbonyl (C=O) groups is 3. The molecule has 5 aliphatic carbocycles. The first-order valence-electron chi connectivity index (χ1n) is 18.0. The highest BCUT2D eigenvalue weighted by Crippen LogP contribution is 2.70. The van der Waals surface area contributed by atoms with E-state index >= 15 is 4.39 Å². The zero-order valence-electron chi connectivity index (χ0n) is 30.6. The smallest absolute Gasteiger partial charge is 0.331 e. The summed E-state index contributed by atoms with van der Waals surface area (Å²) in [5.74, 6) is -3.07. The van der Waals surface area contributed by atoms with E-state index < -0.39 is 64.3 Å². The molecule has 5 aliphatic rings. The number of halogens is 1. The molecule has 0 aliphatic heterocycles. The largest absolute Gasteiger partial charge is 0.454 e. The molecule has 1 unspecified atom stereocenters. The SMILES string of the molecule is CC1=C(/C=C/C(C)=C/C=C/C(C)=C/C(=O)OCC(=O)[C@@]2(O)C(C)C[C@H]3[C@@H]4CCC5=CC(=O)C=C[C@]5(C)[C@@]4(F)[C@@H](O)C[C@@]32C)C(C)(C)CCC1. The highest BCUT2D eigenvalue weighted by Gasteiger charge is 2.75. The van der Waals surface area contributed by atoms with E-state index in [1.807, 2.05) is 19.1 Å². The molecule has 0 radical (unpaired) electrons. The van der Waals surface area contributed by atoms with Crippen molar-refractivity contribution < 1.29 is 33.7 Å². The lowest BCUT2D eigenvalue weighted by Crippen LogP contribution is -2.69. The first-order valence-corrected chi connectivity index (χ1v) is 18.0. The summed E-state index contributed by atoms with van der Waals surface area (Å²) >= 11 is 0. The monoisotopic (exact) mass is 674 g/mol. The summed E-state index contributed by atoms with van der Waals surface area (Å²) in [5, 5.41) is 23.7. The zero-order chi connectivity index (χ0) is 36.2. The zero-order valence-corrected chi connectivity index (χ0v) is 30.6. The second-order valence-electron chi connectivity index (χ2n) is 16.6. The van der Waals surface area contributed by atoms with Crippen molar-refractivity contribution in [1.29, 1.82) is 0 Å². The van der Waals surface area contributed by atoms with Crippen molar-refractivity contribution in [2.75, 3.05) is 6.61 Å². The summed E-state index contributed by atoms with van der Waals surface area (Å²) in [6, 6.07) is 0. The summed E-state index contributed by atoms with van der Waals surface area (Å²) < 4.78 is 22.8. The van der Waals surface area contributed by atoms with Crippen LogP contribution in [0.2, 0.25) is 0 Å². The lowest BCUT2D eigenvalue weighted by Gasteiger charge is -2.62. The third kappa shape index (κ3) is 6.13. The summed E-state index contributed by atoms with van der Waals surface area (Å²) in [6.07, 6.45) is 19.0. The van der Waals surface area contributed by atoms with Gasteiger partial charge in [-0.25, -0.2) is 9.18 Å². The second kappa shape index (κ2) is 13.2. The summed E-state index contributed by atoms with van der Waals surface area (Å²) in [7, 11) is 0.